The molecule has 0 saturated carbocycles. The van der Waals surface area contributed by atoms with E-state index in [-0.39, 0.29) is 11.9 Å². The predicted octanol–water partition coefficient (Wildman–Crippen LogP) is 1.52. The van der Waals surface area contributed by atoms with Crippen molar-refractivity contribution in [3.63, 3.8) is 0 Å². The molecular weight excluding hydrogens is 356 g/mol. The molecule has 1 aliphatic rings. The lowest BCUT2D eigenvalue weighted by atomic mass is 10.2. The molecule has 4 heterocycles. The number of rotatable bonds is 4. The van der Waals surface area contributed by atoms with E-state index in [1.165, 1.54) is 0 Å². The summed E-state index contributed by atoms with van der Waals surface area (Å²) in [6.45, 7) is 1.46. The smallest absolute Gasteiger partial charge is 0.271 e. The maximum Gasteiger partial charge on any atom is 0.271 e. The zero-order valence-electron chi connectivity index (χ0n) is 15.0. The molecule has 1 atom stereocenters. The van der Waals surface area contributed by atoms with Gasteiger partial charge in [0.05, 0.1) is 0 Å². The molecule has 9 heteroatoms. The molecule has 1 saturated heterocycles. The van der Waals surface area contributed by atoms with E-state index in [4.69, 9.17) is 0 Å². The van der Waals surface area contributed by atoms with Crippen LogP contribution in [0.3, 0.4) is 0 Å². The second-order valence-electron chi connectivity index (χ2n) is 6.72. The van der Waals surface area contributed by atoms with E-state index in [2.05, 4.69) is 35.4 Å². The molecule has 1 fully saturated rings. The number of aromatic amines is 1. The topological polar surface area (TPSA) is 104 Å². The van der Waals surface area contributed by atoms with Gasteiger partial charge < -0.3 is 15.2 Å². The van der Waals surface area contributed by atoms with Crippen LogP contribution in [0.5, 0.6) is 0 Å². The number of benzene rings is 1. The normalized spacial score (nSPS) is 16.6. The standard InChI is InChI=1S/C19H18N8O/c28-19(15-10-21-16(24-15)13-4-2-1-3-5-13)23-14-6-8-26(11-14)17-18-25-22-12-27(18)9-7-20-17/h1-5,7,9-10,12,14H,6,8,11H2,(H,21,24)(H,23,28). The summed E-state index contributed by atoms with van der Waals surface area (Å²) in [5.41, 5.74) is 2.05. The number of H-pyrrole nitrogens is 1. The van der Waals surface area contributed by atoms with Crippen molar-refractivity contribution in [1.29, 1.82) is 0 Å². The SMILES string of the molecule is O=C(NC1CCN(c2nccn3cnnc23)C1)c1c[nH]c(-c2ccccc2)n1. The number of carbonyl (C=O) groups excluding carboxylic acids is 1. The van der Waals surface area contributed by atoms with Gasteiger partial charge in [-0.2, -0.15) is 0 Å². The number of aromatic nitrogens is 6. The van der Waals surface area contributed by atoms with Crippen molar-refractivity contribution in [3.8, 4) is 11.4 Å². The molecule has 0 aliphatic carbocycles. The van der Waals surface area contributed by atoms with Gasteiger partial charge in [0.1, 0.15) is 17.8 Å². The molecule has 9 nitrogen and oxygen atoms in total. The molecule has 0 spiro atoms. The van der Waals surface area contributed by atoms with Gasteiger partial charge in [-0.05, 0) is 6.42 Å². The van der Waals surface area contributed by atoms with Gasteiger partial charge in [0, 0.05) is 43.3 Å². The van der Waals surface area contributed by atoms with Crippen LogP contribution >= 0.6 is 0 Å². The first kappa shape index (κ1) is 16.4. The van der Waals surface area contributed by atoms with Crippen molar-refractivity contribution in [2.75, 3.05) is 18.0 Å². The Morgan fingerprint density at radius 2 is 2.14 bits per heavy atom. The minimum atomic E-state index is -0.182. The van der Waals surface area contributed by atoms with E-state index in [9.17, 15) is 4.79 Å². The second-order valence-corrected chi connectivity index (χ2v) is 6.72. The van der Waals surface area contributed by atoms with Crippen LogP contribution in [-0.4, -0.2) is 54.6 Å². The molecule has 1 amide bonds. The second kappa shape index (κ2) is 6.76. The number of hydrogen-bond acceptors (Lipinski definition) is 6. The number of anilines is 1. The van der Waals surface area contributed by atoms with Crippen molar-refractivity contribution < 1.29 is 4.79 Å². The van der Waals surface area contributed by atoms with Crippen LogP contribution in [0.25, 0.3) is 17.0 Å². The molecule has 5 rings (SSSR count). The van der Waals surface area contributed by atoms with Gasteiger partial charge in [-0.25, -0.2) is 9.97 Å². The van der Waals surface area contributed by atoms with Crippen LogP contribution in [0.15, 0.2) is 55.2 Å². The molecule has 1 unspecified atom stereocenters. The lowest BCUT2D eigenvalue weighted by Gasteiger charge is -2.17. The Morgan fingerprint density at radius 1 is 1.25 bits per heavy atom. The van der Waals surface area contributed by atoms with E-state index in [1.54, 1.807) is 18.7 Å². The van der Waals surface area contributed by atoms with E-state index in [1.807, 2.05) is 40.9 Å². The summed E-state index contributed by atoms with van der Waals surface area (Å²) >= 11 is 0. The van der Waals surface area contributed by atoms with Crippen LogP contribution in [-0.2, 0) is 0 Å². The molecule has 0 bridgehead atoms. The largest absolute Gasteiger partial charge is 0.351 e. The Morgan fingerprint density at radius 3 is 3.04 bits per heavy atom. The fraction of sp³-hybridized carbons (Fsp3) is 0.211. The number of fused-ring (bicyclic) bond motifs is 1. The molecule has 1 aliphatic heterocycles. The maximum atomic E-state index is 12.6. The summed E-state index contributed by atoms with van der Waals surface area (Å²) in [6, 6.07) is 9.75. The van der Waals surface area contributed by atoms with Crippen molar-refractivity contribution in [2.24, 2.45) is 0 Å². The highest BCUT2D eigenvalue weighted by Gasteiger charge is 2.27. The Hall–Kier alpha value is -3.75. The molecule has 28 heavy (non-hydrogen) atoms. The minimum Gasteiger partial charge on any atom is -0.351 e. The van der Waals surface area contributed by atoms with Gasteiger partial charge in [-0.15, -0.1) is 10.2 Å². The summed E-state index contributed by atoms with van der Waals surface area (Å²) in [6.07, 6.45) is 7.67. The molecule has 4 aromatic rings. The van der Waals surface area contributed by atoms with Gasteiger partial charge in [0.2, 0.25) is 5.65 Å². The quantitative estimate of drug-likeness (QED) is 0.561. The highest BCUT2D eigenvalue weighted by Crippen LogP contribution is 2.22. The highest BCUT2D eigenvalue weighted by atomic mass is 16.2. The van der Waals surface area contributed by atoms with Gasteiger partial charge >= 0.3 is 0 Å². The predicted molar refractivity (Wildman–Crippen MR) is 103 cm³/mol. The number of carbonyl (C=O) groups is 1. The van der Waals surface area contributed by atoms with Crippen LogP contribution in [0.2, 0.25) is 0 Å². The fourth-order valence-electron chi connectivity index (χ4n) is 3.48. The number of nitrogens with one attached hydrogen (secondary N) is 2. The van der Waals surface area contributed by atoms with Crippen molar-refractivity contribution in [2.45, 2.75) is 12.5 Å². The monoisotopic (exact) mass is 374 g/mol. The first-order valence-corrected chi connectivity index (χ1v) is 9.09. The lowest BCUT2D eigenvalue weighted by molar-refractivity contribution is 0.0936. The number of amides is 1. The Bertz CT molecular complexity index is 1120. The third kappa shape index (κ3) is 2.96. The van der Waals surface area contributed by atoms with E-state index in [0.717, 1.165) is 24.3 Å². The minimum absolute atomic E-state index is 0.0225. The molecule has 2 N–H and O–H groups in total. The lowest BCUT2D eigenvalue weighted by Crippen LogP contribution is -2.37. The Balaban J connectivity index is 1.27. The van der Waals surface area contributed by atoms with E-state index in [0.29, 0.717) is 23.7 Å². The summed E-state index contributed by atoms with van der Waals surface area (Å²) in [7, 11) is 0. The summed E-state index contributed by atoms with van der Waals surface area (Å²) in [4.78, 5) is 26.7. The van der Waals surface area contributed by atoms with Crippen LogP contribution in [0.1, 0.15) is 16.9 Å². The first-order chi connectivity index (χ1) is 13.8. The summed E-state index contributed by atoms with van der Waals surface area (Å²) in [5.74, 6) is 1.28. The Kier molecular flexibility index (Phi) is 3.97. The zero-order valence-corrected chi connectivity index (χ0v) is 15.0. The van der Waals surface area contributed by atoms with E-state index < -0.39 is 0 Å². The van der Waals surface area contributed by atoms with Crippen molar-refractivity contribution >= 4 is 17.4 Å². The molecular formula is C19H18N8O. The zero-order chi connectivity index (χ0) is 18.9. The van der Waals surface area contributed by atoms with Gasteiger partial charge in [0.15, 0.2) is 5.82 Å². The average molecular weight is 374 g/mol. The number of hydrogen-bond donors (Lipinski definition) is 2. The molecule has 1 aromatic carbocycles. The van der Waals surface area contributed by atoms with Gasteiger partial charge in [-0.1, -0.05) is 30.3 Å². The molecule has 3 aromatic heterocycles. The van der Waals surface area contributed by atoms with Crippen LogP contribution in [0.4, 0.5) is 5.82 Å². The van der Waals surface area contributed by atoms with E-state index >= 15 is 0 Å². The van der Waals surface area contributed by atoms with Crippen molar-refractivity contribution in [3.05, 3.63) is 60.9 Å². The molecule has 140 valence electrons. The summed E-state index contributed by atoms with van der Waals surface area (Å²) in [5, 5.41) is 11.1. The Labute approximate surface area is 160 Å². The average Bonchev–Trinajstić information content (AvgIpc) is 3.48. The molecule has 0 radical (unpaired) electrons. The number of imidazole rings is 1. The first-order valence-electron chi connectivity index (χ1n) is 9.09. The van der Waals surface area contributed by atoms with Gasteiger partial charge in [-0.3, -0.25) is 9.20 Å². The third-order valence-electron chi connectivity index (χ3n) is 4.88. The third-order valence-corrected chi connectivity index (χ3v) is 4.88. The summed E-state index contributed by atoms with van der Waals surface area (Å²) < 4.78 is 1.84. The van der Waals surface area contributed by atoms with Crippen LogP contribution in [0, 0.1) is 0 Å². The highest BCUT2D eigenvalue weighted by molar-refractivity contribution is 5.93. The number of nitrogens with zero attached hydrogens (tertiary/aromatic N) is 6. The van der Waals surface area contributed by atoms with Crippen molar-refractivity contribution in [1.82, 2.24) is 34.9 Å². The fourth-order valence-corrected chi connectivity index (χ4v) is 3.48. The van der Waals surface area contributed by atoms with Crippen LogP contribution < -0.4 is 10.2 Å². The maximum absolute atomic E-state index is 12.6. The van der Waals surface area contributed by atoms with Gasteiger partial charge in [0.25, 0.3) is 5.91 Å².